The third-order valence-electron chi connectivity index (χ3n) is 3.15. The maximum atomic E-state index is 11.0. The van der Waals surface area contributed by atoms with E-state index < -0.39 is 5.97 Å². The van der Waals surface area contributed by atoms with Crippen molar-refractivity contribution in [1.29, 1.82) is 0 Å². The number of aryl methyl sites for hydroxylation is 1. The number of carbonyl (C=O) groups is 1. The van der Waals surface area contributed by atoms with Crippen LogP contribution in [0.1, 0.15) is 15.9 Å². The standard InChI is InChI=1S/C14H9Cl2N3O2/c1-7-4-10(16)13(6-9(7)15)19-12-3-2-8(14(20)21)5-11(12)17-18-19/h2-6H,1H3,(H,20,21). The maximum absolute atomic E-state index is 11.0. The Hall–Kier alpha value is -2.11. The molecule has 1 heterocycles. The zero-order valence-corrected chi connectivity index (χ0v) is 12.4. The first kappa shape index (κ1) is 13.9. The van der Waals surface area contributed by atoms with Crippen molar-refractivity contribution in [2.45, 2.75) is 6.92 Å². The number of hydrogen-bond acceptors (Lipinski definition) is 3. The molecule has 3 rings (SSSR count). The second kappa shape index (κ2) is 5.02. The molecule has 0 atom stereocenters. The Morgan fingerprint density at radius 3 is 2.67 bits per heavy atom. The van der Waals surface area contributed by atoms with E-state index in [2.05, 4.69) is 10.3 Å². The fourth-order valence-electron chi connectivity index (χ4n) is 2.03. The van der Waals surface area contributed by atoms with Gasteiger partial charge in [-0.2, -0.15) is 0 Å². The molecule has 0 aliphatic heterocycles. The van der Waals surface area contributed by atoms with Crippen LogP contribution < -0.4 is 0 Å². The first-order valence-electron chi connectivity index (χ1n) is 6.02. The molecule has 0 saturated heterocycles. The summed E-state index contributed by atoms with van der Waals surface area (Å²) >= 11 is 12.4. The van der Waals surface area contributed by atoms with E-state index >= 15 is 0 Å². The SMILES string of the molecule is Cc1cc(Cl)c(-n2nnc3cc(C(=O)O)ccc32)cc1Cl. The Labute approximate surface area is 129 Å². The van der Waals surface area contributed by atoms with Gasteiger partial charge in [0.1, 0.15) is 5.52 Å². The van der Waals surface area contributed by atoms with E-state index in [0.29, 0.717) is 26.8 Å². The topological polar surface area (TPSA) is 68.0 Å². The fraction of sp³-hybridized carbons (Fsp3) is 0.0714. The Bertz CT molecular complexity index is 874. The number of carboxylic acid groups (broad SMARTS) is 1. The summed E-state index contributed by atoms with van der Waals surface area (Å²) in [6.07, 6.45) is 0. The lowest BCUT2D eigenvalue weighted by molar-refractivity contribution is 0.0697. The Kier molecular flexibility index (Phi) is 3.31. The fourth-order valence-corrected chi connectivity index (χ4v) is 2.49. The molecule has 0 saturated carbocycles. The summed E-state index contributed by atoms with van der Waals surface area (Å²) in [6.45, 7) is 1.86. The molecule has 5 nitrogen and oxygen atoms in total. The summed E-state index contributed by atoms with van der Waals surface area (Å²) in [4.78, 5) is 11.0. The zero-order valence-electron chi connectivity index (χ0n) is 10.8. The Morgan fingerprint density at radius 1 is 1.19 bits per heavy atom. The van der Waals surface area contributed by atoms with E-state index in [0.717, 1.165) is 5.56 Å². The third kappa shape index (κ3) is 2.34. The average molecular weight is 322 g/mol. The lowest BCUT2D eigenvalue weighted by Crippen LogP contribution is -1.99. The van der Waals surface area contributed by atoms with Crippen molar-refractivity contribution in [2.75, 3.05) is 0 Å². The minimum Gasteiger partial charge on any atom is -0.478 e. The van der Waals surface area contributed by atoms with Crippen molar-refractivity contribution >= 4 is 40.2 Å². The number of benzene rings is 2. The molecule has 3 aromatic rings. The number of halogens is 2. The highest BCUT2D eigenvalue weighted by molar-refractivity contribution is 6.35. The van der Waals surface area contributed by atoms with E-state index in [4.69, 9.17) is 28.3 Å². The molecule has 0 aliphatic rings. The highest BCUT2D eigenvalue weighted by Gasteiger charge is 2.13. The smallest absolute Gasteiger partial charge is 0.335 e. The molecule has 21 heavy (non-hydrogen) atoms. The van der Waals surface area contributed by atoms with Crippen LogP contribution in [0, 0.1) is 6.92 Å². The van der Waals surface area contributed by atoms with E-state index in [1.165, 1.54) is 16.8 Å². The predicted octanol–water partition coefficient (Wildman–Crippen LogP) is 3.73. The van der Waals surface area contributed by atoms with Gasteiger partial charge in [0.25, 0.3) is 0 Å². The summed E-state index contributed by atoms with van der Waals surface area (Å²) in [7, 11) is 0. The number of carboxylic acids is 1. The van der Waals surface area contributed by atoms with Gasteiger partial charge in [0, 0.05) is 5.02 Å². The number of rotatable bonds is 2. The molecule has 7 heteroatoms. The normalized spacial score (nSPS) is 11.0. The van der Waals surface area contributed by atoms with Gasteiger partial charge in [0.15, 0.2) is 0 Å². The quantitative estimate of drug-likeness (QED) is 0.780. The number of hydrogen-bond donors (Lipinski definition) is 1. The minimum atomic E-state index is -1.01. The van der Waals surface area contributed by atoms with E-state index in [9.17, 15) is 4.79 Å². The predicted molar refractivity (Wildman–Crippen MR) is 80.6 cm³/mol. The van der Waals surface area contributed by atoms with Gasteiger partial charge in [-0.3, -0.25) is 0 Å². The van der Waals surface area contributed by atoms with Crippen molar-refractivity contribution in [2.24, 2.45) is 0 Å². The van der Waals surface area contributed by atoms with Crippen LogP contribution in [-0.2, 0) is 0 Å². The Morgan fingerprint density at radius 2 is 1.95 bits per heavy atom. The molecule has 0 amide bonds. The van der Waals surface area contributed by atoms with Crippen molar-refractivity contribution in [3.05, 3.63) is 51.5 Å². The van der Waals surface area contributed by atoms with E-state index in [-0.39, 0.29) is 5.56 Å². The van der Waals surface area contributed by atoms with Crippen LogP contribution in [0.25, 0.3) is 16.7 Å². The first-order chi connectivity index (χ1) is 9.97. The second-order valence-corrected chi connectivity index (χ2v) is 5.38. The molecule has 0 unspecified atom stereocenters. The van der Waals surface area contributed by atoms with Crippen LogP contribution >= 0.6 is 23.2 Å². The number of nitrogens with zero attached hydrogens (tertiary/aromatic N) is 3. The first-order valence-corrected chi connectivity index (χ1v) is 6.78. The number of aromatic nitrogens is 3. The van der Waals surface area contributed by atoms with Gasteiger partial charge in [0.05, 0.1) is 21.8 Å². The highest BCUT2D eigenvalue weighted by atomic mass is 35.5. The molecule has 2 aromatic carbocycles. The van der Waals surface area contributed by atoms with Gasteiger partial charge in [-0.15, -0.1) is 5.10 Å². The molecule has 0 aliphatic carbocycles. The van der Waals surface area contributed by atoms with E-state index in [1.54, 1.807) is 18.2 Å². The number of fused-ring (bicyclic) bond motifs is 1. The monoisotopic (exact) mass is 321 g/mol. The molecule has 0 spiro atoms. The molecule has 0 radical (unpaired) electrons. The molecule has 106 valence electrons. The van der Waals surface area contributed by atoms with Gasteiger partial charge in [0.2, 0.25) is 0 Å². The van der Waals surface area contributed by atoms with Crippen LogP contribution in [0.4, 0.5) is 0 Å². The van der Waals surface area contributed by atoms with E-state index in [1.807, 2.05) is 6.92 Å². The van der Waals surface area contributed by atoms with Crippen LogP contribution in [0.2, 0.25) is 10.0 Å². The van der Waals surface area contributed by atoms with Crippen molar-refractivity contribution in [3.63, 3.8) is 0 Å². The maximum Gasteiger partial charge on any atom is 0.335 e. The average Bonchev–Trinajstić information content (AvgIpc) is 2.85. The summed E-state index contributed by atoms with van der Waals surface area (Å²) in [6, 6.07) is 8.05. The summed E-state index contributed by atoms with van der Waals surface area (Å²) < 4.78 is 1.54. The summed E-state index contributed by atoms with van der Waals surface area (Å²) in [5.41, 5.74) is 2.74. The van der Waals surface area contributed by atoms with Crippen LogP contribution in [0.5, 0.6) is 0 Å². The van der Waals surface area contributed by atoms with Gasteiger partial charge in [-0.25, -0.2) is 9.48 Å². The lowest BCUT2D eigenvalue weighted by atomic mass is 10.2. The molecule has 0 bridgehead atoms. The molecule has 0 fully saturated rings. The van der Waals surface area contributed by atoms with Gasteiger partial charge >= 0.3 is 5.97 Å². The van der Waals surface area contributed by atoms with Crippen molar-refractivity contribution in [3.8, 4) is 5.69 Å². The molecule has 1 aromatic heterocycles. The highest BCUT2D eigenvalue weighted by Crippen LogP contribution is 2.29. The van der Waals surface area contributed by atoms with Gasteiger partial charge in [-0.1, -0.05) is 28.4 Å². The third-order valence-corrected chi connectivity index (χ3v) is 3.86. The summed E-state index contributed by atoms with van der Waals surface area (Å²) in [5, 5.41) is 18.1. The van der Waals surface area contributed by atoms with Crippen molar-refractivity contribution in [1.82, 2.24) is 15.0 Å². The molecule has 1 N–H and O–H groups in total. The van der Waals surface area contributed by atoms with Crippen molar-refractivity contribution < 1.29 is 9.90 Å². The van der Waals surface area contributed by atoms with Gasteiger partial charge < -0.3 is 5.11 Å². The largest absolute Gasteiger partial charge is 0.478 e. The Balaban J connectivity index is 2.22. The van der Waals surface area contributed by atoms with Crippen LogP contribution in [-0.4, -0.2) is 26.1 Å². The van der Waals surface area contributed by atoms with Gasteiger partial charge in [-0.05, 0) is 42.8 Å². The lowest BCUT2D eigenvalue weighted by Gasteiger charge is -2.07. The van der Waals surface area contributed by atoms with Crippen LogP contribution in [0.3, 0.4) is 0 Å². The zero-order chi connectivity index (χ0) is 15.1. The molecular weight excluding hydrogens is 313 g/mol. The number of aromatic carboxylic acids is 1. The summed E-state index contributed by atoms with van der Waals surface area (Å²) in [5.74, 6) is -1.01. The molecular formula is C14H9Cl2N3O2. The van der Waals surface area contributed by atoms with Crippen LogP contribution in [0.15, 0.2) is 30.3 Å². The second-order valence-electron chi connectivity index (χ2n) is 4.56. The minimum absolute atomic E-state index is 0.155.